The number of esters is 1. The van der Waals surface area contributed by atoms with E-state index in [1.165, 1.54) is 10.4 Å². The van der Waals surface area contributed by atoms with Crippen molar-refractivity contribution in [3.8, 4) is 0 Å². The average molecular weight is 499 g/mol. The summed E-state index contributed by atoms with van der Waals surface area (Å²) in [5.74, 6) is -1.07. The van der Waals surface area contributed by atoms with Crippen LogP contribution in [0.25, 0.3) is 0 Å². The van der Waals surface area contributed by atoms with Crippen molar-refractivity contribution in [3.63, 3.8) is 0 Å². The van der Waals surface area contributed by atoms with Crippen LogP contribution in [-0.4, -0.2) is 44.5 Å². The smallest absolute Gasteiger partial charge is 0.308 e. The summed E-state index contributed by atoms with van der Waals surface area (Å²) in [6, 6.07) is 21.2. The lowest BCUT2D eigenvalue weighted by molar-refractivity contribution is -0.303. The zero-order valence-corrected chi connectivity index (χ0v) is 23.6. The van der Waals surface area contributed by atoms with Gasteiger partial charge in [0.2, 0.25) is 0 Å². The Labute approximate surface area is 212 Å². The Morgan fingerprint density at radius 2 is 1.37 bits per heavy atom. The van der Waals surface area contributed by atoms with Crippen LogP contribution < -0.4 is 10.4 Å². The standard InChI is InChI=1S/C29H42O5Si/c1-27(2,3)34-26(30)20-22-19-23(33-29(7,8)32-22)21-31-35(28(4,5)6,24-15-11-9-12-16-24)25-17-13-10-14-18-25/h9-18,22-23H,19-21H2,1-8H3/t22-,23-/m0/s1. The van der Waals surface area contributed by atoms with Gasteiger partial charge in [0.05, 0.1) is 25.2 Å². The van der Waals surface area contributed by atoms with Gasteiger partial charge < -0.3 is 18.6 Å². The summed E-state index contributed by atoms with van der Waals surface area (Å²) in [7, 11) is -2.68. The van der Waals surface area contributed by atoms with Crippen LogP contribution >= 0.6 is 0 Å². The molecule has 2 aromatic rings. The third-order valence-electron chi connectivity index (χ3n) is 6.14. The van der Waals surface area contributed by atoms with Crippen LogP contribution in [0.2, 0.25) is 5.04 Å². The maximum absolute atomic E-state index is 12.5. The fraction of sp³-hybridized carbons (Fsp3) is 0.552. The van der Waals surface area contributed by atoms with Gasteiger partial charge in [0.15, 0.2) is 5.79 Å². The molecule has 0 radical (unpaired) electrons. The summed E-state index contributed by atoms with van der Waals surface area (Å²) < 4.78 is 25.0. The van der Waals surface area contributed by atoms with Gasteiger partial charge in [-0.05, 0) is 50.0 Å². The molecule has 2 aromatic carbocycles. The molecule has 2 atom stereocenters. The topological polar surface area (TPSA) is 54.0 Å². The van der Waals surface area contributed by atoms with E-state index in [9.17, 15) is 4.79 Å². The average Bonchev–Trinajstić information content (AvgIpc) is 2.72. The number of carbonyl (C=O) groups excluding carboxylic acids is 1. The summed E-state index contributed by atoms with van der Waals surface area (Å²) in [4.78, 5) is 12.5. The van der Waals surface area contributed by atoms with Crippen LogP contribution in [-0.2, 0) is 23.4 Å². The van der Waals surface area contributed by atoms with E-state index in [0.717, 1.165) is 0 Å². The maximum Gasteiger partial charge on any atom is 0.308 e. The third-order valence-corrected chi connectivity index (χ3v) is 11.1. The Kier molecular flexibility index (Phi) is 8.32. The molecule has 1 aliphatic heterocycles. The van der Waals surface area contributed by atoms with Crippen molar-refractivity contribution in [1.29, 1.82) is 0 Å². The minimum absolute atomic E-state index is 0.119. The lowest BCUT2D eigenvalue weighted by Crippen LogP contribution is -2.67. The van der Waals surface area contributed by atoms with Crippen molar-refractivity contribution >= 4 is 24.7 Å². The molecule has 0 N–H and O–H groups in total. The van der Waals surface area contributed by atoms with E-state index in [2.05, 4.69) is 69.3 Å². The molecule has 35 heavy (non-hydrogen) atoms. The van der Waals surface area contributed by atoms with Crippen LogP contribution in [0.5, 0.6) is 0 Å². The molecule has 5 nitrogen and oxygen atoms in total. The molecule has 0 bridgehead atoms. The molecule has 6 heteroatoms. The van der Waals surface area contributed by atoms with Crippen LogP contribution in [0.3, 0.4) is 0 Å². The van der Waals surface area contributed by atoms with Crippen molar-refractivity contribution < 1.29 is 23.4 Å². The lowest BCUT2D eigenvalue weighted by atomic mass is 10.1. The van der Waals surface area contributed by atoms with Gasteiger partial charge in [-0.25, -0.2) is 0 Å². The highest BCUT2D eigenvalue weighted by Gasteiger charge is 2.51. The van der Waals surface area contributed by atoms with Crippen molar-refractivity contribution in [2.24, 2.45) is 0 Å². The van der Waals surface area contributed by atoms with Gasteiger partial charge in [-0.2, -0.15) is 0 Å². The molecular formula is C29H42O5Si. The predicted molar refractivity (Wildman–Crippen MR) is 142 cm³/mol. The molecule has 192 valence electrons. The molecule has 0 saturated carbocycles. The Hall–Kier alpha value is -1.99. The van der Waals surface area contributed by atoms with Crippen molar-refractivity contribution in [2.45, 2.75) is 96.9 Å². The Morgan fingerprint density at radius 1 is 0.886 bits per heavy atom. The zero-order valence-electron chi connectivity index (χ0n) is 22.6. The molecule has 1 heterocycles. The van der Waals surface area contributed by atoms with Crippen molar-refractivity contribution in [1.82, 2.24) is 0 Å². The molecular weight excluding hydrogens is 456 g/mol. The van der Waals surface area contributed by atoms with Gasteiger partial charge >= 0.3 is 5.97 Å². The lowest BCUT2D eigenvalue weighted by Gasteiger charge is -2.45. The first kappa shape index (κ1) is 27.6. The number of rotatable bonds is 7. The van der Waals surface area contributed by atoms with Gasteiger partial charge in [0, 0.05) is 6.42 Å². The van der Waals surface area contributed by atoms with Gasteiger partial charge in [0.1, 0.15) is 5.60 Å². The predicted octanol–water partition coefficient (Wildman–Crippen LogP) is 5.21. The van der Waals surface area contributed by atoms with Crippen LogP contribution in [0.1, 0.15) is 68.2 Å². The highest BCUT2D eigenvalue weighted by molar-refractivity contribution is 6.99. The molecule has 0 amide bonds. The van der Waals surface area contributed by atoms with E-state index in [0.29, 0.717) is 13.0 Å². The minimum atomic E-state index is -2.68. The summed E-state index contributed by atoms with van der Waals surface area (Å²) >= 11 is 0. The second-order valence-corrected chi connectivity index (χ2v) is 16.2. The number of ether oxygens (including phenoxy) is 3. The number of carbonyl (C=O) groups is 1. The van der Waals surface area contributed by atoms with Crippen LogP contribution in [0.4, 0.5) is 0 Å². The molecule has 0 unspecified atom stereocenters. The molecule has 1 aliphatic rings. The summed E-state index contributed by atoms with van der Waals surface area (Å²) in [6.45, 7) is 16.6. The highest BCUT2D eigenvalue weighted by Crippen LogP contribution is 2.38. The quantitative estimate of drug-likeness (QED) is 0.388. The first-order valence-corrected chi connectivity index (χ1v) is 14.5. The number of hydrogen-bond donors (Lipinski definition) is 0. The SMILES string of the molecule is CC(C)(C)OC(=O)C[C@@H]1C[C@@H](CO[Si](c2ccccc2)(c2ccccc2)C(C)(C)C)OC(C)(C)O1. The first-order chi connectivity index (χ1) is 16.2. The third kappa shape index (κ3) is 7.03. The highest BCUT2D eigenvalue weighted by atomic mass is 28.4. The fourth-order valence-corrected chi connectivity index (χ4v) is 9.59. The summed E-state index contributed by atoms with van der Waals surface area (Å²) in [5.41, 5.74) is -0.524. The van der Waals surface area contributed by atoms with Crippen molar-refractivity contribution in [3.05, 3.63) is 60.7 Å². The summed E-state index contributed by atoms with van der Waals surface area (Å²) in [6.07, 6.45) is 0.273. The van der Waals surface area contributed by atoms with Gasteiger partial charge in [0.25, 0.3) is 8.32 Å². The normalized spacial score (nSPS) is 20.9. The second kappa shape index (κ2) is 10.6. The Morgan fingerprint density at radius 3 is 1.83 bits per heavy atom. The van der Waals surface area contributed by atoms with Gasteiger partial charge in [-0.3, -0.25) is 4.79 Å². The minimum Gasteiger partial charge on any atom is -0.460 e. The van der Waals surface area contributed by atoms with Gasteiger partial charge in [-0.15, -0.1) is 0 Å². The molecule has 1 saturated heterocycles. The second-order valence-electron chi connectivity index (χ2n) is 11.9. The first-order valence-electron chi connectivity index (χ1n) is 12.5. The van der Waals surface area contributed by atoms with Gasteiger partial charge in [-0.1, -0.05) is 81.4 Å². The molecule has 3 rings (SSSR count). The Bertz CT molecular complexity index is 921. The van der Waals surface area contributed by atoms with E-state index in [1.54, 1.807) is 0 Å². The molecule has 0 aromatic heterocycles. The zero-order chi connectivity index (χ0) is 25.9. The van der Waals surface area contributed by atoms with E-state index in [4.69, 9.17) is 18.6 Å². The van der Waals surface area contributed by atoms with Crippen LogP contribution in [0.15, 0.2) is 60.7 Å². The van der Waals surface area contributed by atoms with E-state index in [-0.39, 0.29) is 29.6 Å². The van der Waals surface area contributed by atoms with E-state index >= 15 is 0 Å². The number of hydrogen-bond acceptors (Lipinski definition) is 5. The van der Waals surface area contributed by atoms with E-state index in [1.807, 2.05) is 46.8 Å². The molecule has 0 spiro atoms. The van der Waals surface area contributed by atoms with E-state index < -0.39 is 19.7 Å². The number of benzene rings is 2. The fourth-order valence-electron chi connectivity index (χ4n) is 5.00. The monoisotopic (exact) mass is 498 g/mol. The summed E-state index contributed by atoms with van der Waals surface area (Å²) in [5, 5.41) is 2.34. The largest absolute Gasteiger partial charge is 0.460 e. The molecule has 0 aliphatic carbocycles. The maximum atomic E-state index is 12.5. The Balaban J connectivity index is 1.87. The van der Waals surface area contributed by atoms with Crippen LogP contribution in [0, 0.1) is 0 Å². The van der Waals surface area contributed by atoms with Crippen molar-refractivity contribution in [2.75, 3.05) is 6.61 Å². The molecule has 1 fully saturated rings.